The van der Waals surface area contributed by atoms with E-state index in [4.69, 9.17) is 0 Å². The second kappa shape index (κ2) is 7.80. The molecule has 0 saturated heterocycles. The number of nitrogens with zero attached hydrogens (tertiary/aromatic N) is 1. The Morgan fingerprint density at radius 1 is 1.15 bits per heavy atom. The van der Waals surface area contributed by atoms with Crippen LogP contribution >= 0.6 is 0 Å². The van der Waals surface area contributed by atoms with Crippen LogP contribution in [0.1, 0.15) is 43.7 Å². The lowest BCUT2D eigenvalue weighted by Crippen LogP contribution is -2.43. The Bertz CT molecular complexity index is 383. The highest BCUT2D eigenvalue weighted by Gasteiger charge is 2.25. The Morgan fingerprint density at radius 2 is 1.85 bits per heavy atom. The molecule has 1 saturated carbocycles. The van der Waals surface area contributed by atoms with Crippen molar-refractivity contribution in [2.24, 2.45) is 5.92 Å². The first-order chi connectivity index (χ1) is 9.69. The first-order valence-electron chi connectivity index (χ1n) is 8.16. The molecule has 1 aromatic rings. The van der Waals surface area contributed by atoms with E-state index >= 15 is 0 Å². The molecule has 1 fully saturated rings. The minimum absolute atomic E-state index is 0.731. The maximum atomic E-state index is 3.68. The third-order valence-corrected chi connectivity index (χ3v) is 4.49. The lowest BCUT2D eigenvalue weighted by Gasteiger charge is -2.35. The predicted octanol–water partition coefficient (Wildman–Crippen LogP) is 3.60. The zero-order chi connectivity index (χ0) is 14.4. The topological polar surface area (TPSA) is 15.3 Å². The summed E-state index contributed by atoms with van der Waals surface area (Å²) in [4.78, 5) is 2.49. The van der Waals surface area contributed by atoms with Gasteiger partial charge in [-0.05, 0) is 44.8 Å². The van der Waals surface area contributed by atoms with Crippen LogP contribution in [0.25, 0.3) is 0 Å². The van der Waals surface area contributed by atoms with Crippen molar-refractivity contribution in [3.63, 3.8) is 0 Å². The summed E-state index contributed by atoms with van der Waals surface area (Å²) in [5, 5.41) is 3.68. The van der Waals surface area contributed by atoms with Gasteiger partial charge in [-0.3, -0.25) is 0 Å². The summed E-state index contributed by atoms with van der Waals surface area (Å²) in [6.45, 7) is 7.75. The van der Waals surface area contributed by atoms with Gasteiger partial charge in [0.1, 0.15) is 0 Å². The van der Waals surface area contributed by atoms with E-state index in [1.807, 2.05) is 0 Å². The lowest BCUT2D eigenvalue weighted by molar-refractivity contribution is 0.186. The van der Waals surface area contributed by atoms with Crippen LogP contribution in [0.3, 0.4) is 0 Å². The maximum Gasteiger partial charge on any atom is 0.0230 e. The highest BCUT2D eigenvalue weighted by Crippen LogP contribution is 2.25. The van der Waals surface area contributed by atoms with Crippen molar-refractivity contribution in [1.82, 2.24) is 10.2 Å². The number of rotatable bonds is 6. The van der Waals surface area contributed by atoms with Crippen molar-refractivity contribution in [3.8, 4) is 0 Å². The van der Waals surface area contributed by atoms with E-state index in [0.717, 1.165) is 25.0 Å². The summed E-state index contributed by atoms with van der Waals surface area (Å²) in [6, 6.07) is 9.67. The van der Waals surface area contributed by atoms with Crippen LogP contribution in [0.5, 0.6) is 0 Å². The molecular formula is C18H30N2. The Kier molecular flexibility index (Phi) is 6.06. The van der Waals surface area contributed by atoms with Crippen LogP contribution in [0.4, 0.5) is 0 Å². The quantitative estimate of drug-likeness (QED) is 0.853. The summed E-state index contributed by atoms with van der Waals surface area (Å²) in [7, 11) is 2.26. The summed E-state index contributed by atoms with van der Waals surface area (Å²) < 4.78 is 0. The molecular weight excluding hydrogens is 244 g/mol. The van der Waals surface area contributed by atoms with Crippen molar-refractivity contribution >= 4 is 0 Å². The molecule has 1 aliphatic carbocycles. The van der Waals surface area contributed by atoms with Crippen molar-refractivity contribution < 1.29 is 0 Å². The van der Waals surface area contributed by atoms with Gasteiger partial charge in [0.15, 0.2) is 0 Å². The van der Waals surface area contributed by atoms with Crippen molar-refractivity contribution in [2.75, 3.05) is 20.1 Å². The predicted molar refractivity (Wildman–Crippen MR) is 86.9 cm³/mol. The Hall–Kier alpha value is -0.860. The summed E-state index contributed by atoms with van der Waals surface area (Å²) >= 11 is 0. The molecule has 112 valence electrons. The van der Waals surface area contributed by atoms with Crippen molar-refractivity contribution in [3.05, 3.63) is 35.4 Å². The SMILES string of the molecule is CCNC1CCCCC1CN(C)Cc1ccc(C)cc1. The Balaban J connectivity index is 1.85. The molecule has 1 aliphatic rings. The van der Waals surface area contributed by atoms with E-state index in [0.29, 0.717) is 0 Å². The van der Waals surface area contributed by atoms with E-state index in [2.05, 4.69) is 55.4 Å². The number of nitrogens with one attached hydrogen (secondary N) is 1. The van der Waals surface area contributed by atoms with E-state index in [1.165, 1.54) is 43.4 Å². The minimum atomic E-state index is 0.731. The average Bonchev–Trinajstić information content (AvgIpc) is 2.44. The Morgan fingerprint density at radius 3 is 2.55 bits per heavy atom. The van der Waals surface area contributed by atoms with Gasteiger partial charge in [0, 0.05) is 19.1 Å². The van der Waals surface area contributed by atoms with Crippen LogP contribution in [0, 0.1) is 12.8 Å². The lowest BCUT2D eigenvalue weighted by atomic mass is 9.84. The standard InChI is InChI=1S/C18H30N2/c1-4-19-18-8-6-5-7-17(18)14-20(3)13-16-11-9-15(2)10-12-16/h9-12,17-19H,4-8,13-14H2,1-3H3. The normalized spacial score (nSPS) is 23.2. The maximum absolute atomic E-state index is 3.68. The van der Waals surface area contributed by atoms with Crippen LogP contribution < -0.4 is 5.32 Å². The largest absolute Gasteiger partial charge is 0.314 e. The molecule has 0 aromatic heterocycles. The fourth-order valence-electron chi connectivity index (χ4n) is 3.43. The van der Waals surface area contributed by atoms with E-state index in [1.54, 1.807) is 0 Å². The first-order valence-corrected chi connectivity index (χ1v) is 8.16. The van der Waals surface area contributed by atoms with Gasteiger partial charge < -0.3 is 10.2 Å². The van der Waals surface area contributed by atoms with Crippen LogP contribution in [0.2, 0.25) is 0 Å². The van der Waals surface area contributed by atoms with Gasteiger partial charge in [0.2, 0.25) is 0 Å². The van der Waals surface area contributed by atoms with Gasteiger partial charge in [-0.1, -0.05) is 49.6 Å². The molecule has 0 spiro atoms. The monoisotopic (exact) mass is 274 g/mol. The van der Waals surface area contributed by atoms with Crippen LogP contribution in [-0.2, 0) is 6.54 Å². The van der Waals surface area contributed by atoms with Gasteiger partial charge in [0.25, 0.3) is 0 Å². The molecule has 1 N–H and O–H groups in total. The summed E-state index contributed by atoms with van der Waals surface area (Å²) in [5.74, 6) is 0.819. The smallest absolute Gasteiger partial charge is 0.0230 e. The second-order valence-corrected chi connectivity index (χ2v) is 6.39. The third kappa shape index (κ3) is 4.60. The fourth-order valence-corrected chi connectivity index (χ4v) is 3.43. The van der Waals surface area contributed by atoms with Gasteiger partial charge in [-0.2, -0.15) is 0 Å². The molecule has 0 heterocycles. The minimum Gasteiger partial charge on any atom is -0.314 e. The zero-order valence-corrected chi connectivity index (χ0v) is 13.4. The Labute approximate surface area is 124 Å². The molecule has 20 heavy (non-hydrogen) atoms. The molecule has 1 aromatic carbocycles. The van der Waals surface area contributed by atoms with E-state index in [-0.39, 0.29) is 0 Å². The molecule has 2 heteroatoms. The second-order valence-electron chi connectivity index (χ2n) is 6.39. The van der Waals surface area contributed by atoms with Gasteiger partial charge in [-0.15, -0.1) is 0 Å². The molecule has 0 amide bonds. The number of benzene rings is 1. The first kappa shape index (κ1) is 15.5. The fraction of sp³-hybridized carbons (Fsp3) is 0.667. The molecule has 2 unspecified atom stereocenters. The van der Waals surface area contributed by atoms with Gasteiger partial charge >= 0.3 is 0 Å². The van der Waals surface area contributed by atoms with Crippen molar-refractivity contribution in [1.29, 1.82) is 0 Å². The zero-order valence-electron chi connectivity index (χ0n) is 13.4. The molecule has 0 bridgehead atoms. The van der Waals surface area contributed by atoms with Crippen LogP contribution in [-0.4, -0.2) is 31.1 Å². The molecule has 2 nitrogen and oxygen atoms in total. The molecule has 0 aliphatic heterocycles. The van der Waals surface area contributed by atoms with Gasteiger partial charge in [0.05, 0.1) is 0 Å². The highest BCUT2D eigenvalue weighted by atomic mass is 15.1. The average molecular weight is 274 g/mol. The third-order valence-electron chi connectivity index (χ3n) is 4.49. The number of hydrogen-bond donors (Lipinski definition) is 1. The highest BCUT2D eigenvalue weighted by molar-refractivity contribution is 5.21. The van der Waals surface area contributed by atoms with Crippen LogP contribution in [0.15, 0.2) is 24.3 Å². The number of aryl methyl sites for hydroxylation is 1. The molecule has 2 atom stereocenters. The summed E-state index contributed by atoms with van der Waals surface area (Å²) in [5.41, 5.74) is 2.77. The molecule has 0 radical (unpaired) electrons. The van der Waals surface area contributed by atoms with Gasteiger partial charge in [-0.25, -0.2) is 0 Å². The summed E-state index contributed by atoms with van der Waals surface area (Å²) in [6.07, 6.45) is 5.55. The van der Waals surface area contributed by atoms with Crippen molar-refractivity contribution in [2.45, 2.75) is 52.1 Å². The van der Waals surface area contributed by atoms with E-state index in [9.17, 15) is 0 Å². The van der Waals surface area contributed by atoms with E-state index < -0.39 is 0 Å². The molecule has 2 rings (SSSR count). The number of hydrogen-bond acceptors (Lipinski definition) is 2.